The van der Waals surface area contributed by atoms with E-state index in [9.17, 15) is 13.2 Å². The Kier molecular flexibility index (Phi) is 6.81. The Balaban J connectivity index is 2.55. The second-order valence-electron chi connectivity index (χ2n) is 4.21. The Morgan fingerprint density at radius 1 is 1.43 bits per heavy atom. The number of nitrogens with two attached hydrogens (primary N) is 1. The van der Waals surface area contributed by atoms with E-state index in [-0.39, 0.29) is 31.2 Å². The molecule has 0 unspecified atom stereocenters. The summed E-state index contributed by atoms with van der Waals surface area (Å²) in [6.45, 7) is 0.181. The van der Waals surface area contributed by atoms with E-state index in [1.165, 1.54) is 12.4 Å². The molecule has 1 heterocycles. The predicted molar refractivity (Wildman–Crippen MR) is 77.7 cm³/mol. The number of hydrogen-bond donors (Lipinski definition) is 3. The molecule has 0 saturated heterocycles. The third-order valence-electron chi connectivity index (χ3n) is 2.36. The van der Waals surface area contributed by atoms with Crippen LogP contribution in [-0.2, 0) is 10.0 Å². The largest absolute Gasteiger partial charge is 0.395 e. The Labute approximate surface area is 123 Å². The first-order valence-corrected chi connectivity index (χ1v) is 7.97. The molecule has 1 aromatic rings. The first-order chi connectivity index (χ1) is 9.92. The van der Waals surface area contributed by atoms with Crippen molar-refractivity contribution in [1.82, 2.24) is 10.3 Å². The zero-order valence-electron chi connectivity index (χ0n) is 11.4. The van der Waals surface area contributed by atoms with E-state index in [1.54, 1.807) is 6.07 Å². The molecule has 0 atom stereocenters. The van der Waals surface area contributed by atoms with Crippen LogP contribution in [0.5, 0.6) is 0 Å². The van der Waals surface area contributed by atoms with E-state index in [0.717, 1.165) is 0 Å². The minimum Gasteiger partial charge on any atom is -0.395 e. The predicted octanol–water partition coefficient (Wildman–Crippen LogP) is -0.776. The number of primary sulfonamides is 1. The molecule has 0 spiro atoms. The lowest BCUT2D eigenvalue weighted by Crippen LogP contribution is -2.27. The number of pyridine rings is 1. The highest BCUT2D eigenvalue weighted by Gasteiger charge is 2.07. The molecule has 1 rings (SSSR count). The van der Waals surface area contributed by atoms with Gasteiger partial charge in [0.05, 0.1) is 17.9 Å². The summed E-state index contributed by atoms with van der Waals surface area (Å²) in [5.74, 6) is 4.97. The molecule has 0 aliphatic carbocycles. The fraction of sp³-hybridized carbons (Fsp3) is 0.385. The summed E-state index contributed by atoms with van der Waals surface area (Å²) in [6.07, 6.45) is 3.51. The van der Waals surface area contributed by atoms with Crippen molar-refractivity contribution < 1.29 is 18.3 Å². The highest BCUT2D eigenvalue weighted by atomic mass is 32.2. The van der Waals surface area contributed by atoms with Gasteiger partial charge in [-0.3, -0.25) is 9.78 Å². The maximum absolute atomic E-state index is 11.8. The van der Waals surface area contributed by atoms with Crippen LogP contribution in [0.2, 0.25) is 0 Å². The number of carbonyl (C=O) groups excluding carboxylic acids is 1. The number of nitrogens with one attached hydrogen (secondary N) is 1. The average Bonchev–Trinajstić information content (AvgIpc) is 2.43. The Morgan fingerprint density at radius 3 is 2.86 bits per heavy atom. The van der Waals surface area contributed by atoms with Crippen LogP contribution in [0.3, 0.4) is 0 Å². The second-order valence-corrected chi connectivity index (χ2v) is 5.95. The zero-order valence-corrected chi connectivity index (χ0v) is 12.2. The molecular formula is C13H17N3O4S. The van der Waals surface area contributed by atoms with Crippen molar-refractivity contribution in [2.45, 2.75) is 12.8 Å². The van der Waals surface area contributed by atoms with Crippen LogP contribution in [0.4, 0.5) is 0 Å². The minimum absolute atomic E-state index is 0.0232. The van der Waals surface area contributed by atoms with E-state index in [2.05, 4.69) is 22.1 Å². The number of carbonyl (C=O) groups is 1. The average molecular weight is 311 g/mol. The van der Waals surface area contributed by atoms with Crippen LogP contribution < -0.4 is 10.5 Å². The SMILES string of the molecule is NS(=O)(=O)CCCNC(=O)c1cncc(C#CCCO)c1. The van der Waals surface area contributed by atoms with Gasteiger partial charge >= 0.3 is 0 Å². The number of rotatable bonds is 6. The van der Waals surface area contributed by atoms with Crippen LogP contribution in [0.25, 0.3) is 0 Å². The van der Waals surface area contributed by atoms with Gasteiger partial charge in [-0.05, 0) is 12.5 Å². The molecule has 4 N–H and O–H groups in total. The van der Waals surface area contributed by atoms with Crippen molar-refractivity contribution in [2.24, 2.45) is 5.14 Å². The molecular weight excluding hydrogens is 294 g/mol. The number of aliphatic hydroxyl groups excluding tert-OH is 1. The molecule has 114 valence electrons. The van der Waals surface area contributed by atoms with Crippen molar-refractivity contribution in [3.63, 3.8) is 0 Å². The topological polar surface area (TPSA) is 122 Å². The van der Waals surface area contributed by atoms with E-state index in [0.29, 0.717) is 17.5 Å². The number of sulfonamides is 1. The van der Waals surface area contributed by atoms with Crippen molar-refractivity contribution in [1.29, 1.82) is 0 Å². The molecule has 0 bridgehead atoms. The molecule has 0 fully saturated rings. The van der Waals surface area contributed by atoms with Gasteiger partial charge in [0.1, 0.15) is 0 Å². The summed E-state index contributed by atoms with van der Waals surface area (Å²) < 4.78 is 21.5. The summed E-state index contributed by atoms with van der Waals surface area (Å²) >= 11 is 0. The van der Waals surface area contributed by atoms with Gasteiger partial charge in [0, 0.05) is 30.9 Å². The molecule has 0 saturated carbocycles. The fourth-order valence-corrected chi connectivity index (χ4v) is 1.98. The summed E-state index contributed by atoms with van der Waals surface area (Å²) in [7, 11) is -3.51. The van der Waals surface area contributed by atoms with Gasteiger partial charge in [-0.1, -0.05) is 11.8 Å². The van der Waals surface area contributed by atoms with Gasteiger partial charge in [-0.15, -0.1) is 0 Å². The Morgan fingerprint density at radius 2 is 2.19 bits per heavy atom. The molecule has 21 heavy (non-hydrogen) atoms. The number of hydrogen-bond acceptors (Lipinski definition) is 5. The number of nitrogens with zero attached hydrogens (tertiary/aromatic N) is 1. The highest BCUT2D eigenvalue weighted by Crippen LogP contribution is 2.01. The third-order valence-corrected chi connectivity index (χ3v) is 3.22. The third kappa shape index (κ3) is 7.41. The van der Waals surface area contributed by atoms with Crippen LogP contribution in [0.15, 0.2) is 18.5 Å². The molecule has 0 aliphatic heterocycles. The smallest absolute Gasteiger partial charge is 0.252 e. The van der Waals surface area contributed by atoms with E-state index in [1.807, 2.05) is 0 Å². The van der Waals surface area contributed by atoms with Gasteiger partial charge in [0.25, 0.3) is 5.91 Å². The monoisotopic (exact) mass is 311 g/mol. The standard InChI is InChI=1S/C13H17N3O4S/c14-21(19,20)7-3-5-16-13(18)12-8-11(9-15-10-12)4-1-2-6-17/h8-10,17H,2-3,5-7H2,(H,16,18)(H2,14,19,20). The van der Waals surface area contributed by atoms with Crippen molar-refractivity contribution in [3.8, 4) is 11.8 Å². The van der Waals surface area contributed by atoms with E-state index in [4.69, 9.17) is 10.2 Å². The van der Waals surface area contributed by atoms with Gasteiger partial charge in [-0.25, -0.2) is 13.6 Å². The van der Waals surface area contributed by atoms with Gasteiger partial charge < -0.3 is 10.4 Å². The fourth-order valence-electron chi connectivity index (χ4n) is 1.43. The summed E-state index contributed by atoms with van der Waals surface area (Å²) in [5.41, 5.74) is 0.905. The summed E-state index contributed by atoms with van der Waals surface area (Å²) in [6, 6.07) is 1.58. The zero-order chi connectivity index (χ0) is 15.7. The van der Waals surface area contributed by atoms with Crippen molar-refractivity contribution in [3.05, 3.63) is 29.6 Å². The molecule has 1 amide bonds. The molecule has 0 aliphatic rings. The van der Waals surface area contributed by atoms with Crippen LogP contribution >= 0.6 is 0 Å². The van der Waals surface area contributed by atoms with Gasteiger partial charge in [0.2, 0.25) is 10.0 Å². The molecule has 7 nitrogen and oxygen atoms in total. The quantitative estimate of drug-likeness (QED) is 0.470. The maximum Gasteiger partial charge on any atom is 0.252 e. The highest BCUT2D eigenvalue weighted by molar-refractivity contribution is 7.89. The molecule has 8 heteroatoms. The Bertz CT molecular complexity index is 647. The lowest BCUT2D eigenvalue weighted by molar-refractivity contribution is 0.0953. The number of aliphatic hydroxyl groups is 1. The van der Waals surface area contributed by atoms with Gasteiger partial charge in [-0.2, -0.15) is 0 Å². The second kappa shape index (κ2) is 8.36. The normalized spacial score (nSPS) is 10.6. The van der Waals surface area contributed by atoms with Crippen LogP contribution in [0, 0.1) is 11.8 Å². The lowest BCUT2D eigenvalue weighted by Gasteiger charge is -2.04. The number of amides is 1. The van der Waals surface area contributed by atoms with E-state index < -0.39 is 10.0 Å². The number of aromatic nitrogens is 1. The minimum atomic E-state index is -3.51. The molecule has 0 radical (unpaired) electrons. The molecule has 0 aromatic carbocycles. The summed E-state index contributed by atoms with van der Waals surface area (Å²) in [5, 5.41) is 16.1. The van der Waals surface area contributed by atoms with Crippen LogP contribution in [-0.4, -0.2) is 43.3 Å². The van der Waals surface area contributed by atoms with Crippen LogP contribution in [0.1, 0.15) is 28.8 Å². The first kappa shape index (κ1) is 17.1. The van der Waals surface area contributed by atoms with Crippen molar-refractivity contribution in [2.75, 3.05) is 18.9 Å². The van der Waals surface area contributed by atoms with Crippen molar-refractivity contribution >= 4 is 15.9 Å². The lowest BCUT2D eigenvalue weighted by atomic mass is 10.2. The van der Waals surface area contributed by atoms with Gasteiger partial charge in [0.15, 0.2) is 0 Å². The Hall–Kier alpha value is -1.95. The van der Waals surface area contributed by atoms with E-state index >= 15 is 0 Å². The molecule has 1 aromatic heterocycles. The maximum atomic E-state index is 11.8. The summed E-state index contributed by atoms with van der Waals surface area (Å²) in [4.78, 5) is 15.7. The first-order valence-electron chi connectivity index (χ1n) is 6.26.